The van der Waals surface area contributed by atoms with Crippen LogP contribution in [0.2, 0.25) is 5.02 Å². The zero-order valence-corrected chi connectivity index (χ0v) is 8.82. The number of hydrogen-bond acceptors (Lipinski definition) is 2. The average Bonchev–Trinajstić information content (AvgIpc) is 2.12. The highest BCUT2D eigenvalue weighted by Gasteiger charge is 2.48. The van der Waals surface area contributed by atoms with Crippen LogP contribution in [-0.4, -0.2) is 4.92 Å². The molecule has 0 saturated heterocycles. The summed E-state index contributed by atoms with van der Waals surface area (Å²) in [5.74, 6) is 0. The van der Waals surface area contributed by atoms with Gasteiger partial charge in [0.05, 0.1) is 9.95 Å². The van der Waals surface area contributed by atoms with Crippen molar-refractivity contribution in [2.24, 2.45) is 0 Å². The lowest BCUT2D eigenvalue weighted by atomic mass is 10.1. The minimum atomic E-state index is -5.36. The van der Waals surface area contributed by atoms with Gasteiger partial charge in [0.15, 0.2) is 5.56 Å². The largest absolute Gasteiger partial charge is 0.424 e. The van der Waals surface area contributed by atoms with Crippen molar-refractivity contribution in [3.05, 3.63) is 38.4 Å². The van der Waals surface area contributed by atoms with Gasteiger partial charge < -0.3 is 0 Å². The molecule has 0 heterocycles. The average molecular weight is 294 g/mol. The molecule has 0 aliphatic rings. The molecule has 18 heavy (non-hydrogen) atoms. The second kappa shape index (κ2) is 4.30. The topological polar surface area (TPSA) is 43.1 Å². The molecule has 0 aromatic heterocycles. The third-order valence-corrected chi connectivity index (χ3v) is 2.21. The molecule has 1 aromatic carbocycles. The normalized spacial score (nSPS) is 12.6. The summed E-state index contributed by atoms with van der Waals surface area (Å²) in [6.07, 6.45) is -10.6. The van der Waals surface area contributed by atoms with Crippen LogP contribution in [-0.2, 0) is 12.4 Å². The Morgan fingerprint density at radius 1 is 1.06 bits per heavy atom. The van der Waals surface area contributed by atoms with Crippen molar-refractivity contribution < 1.29 is 31.3 Å². The second-order valence-corrected chi connectivity index (χ2v) is 3.48. The first kappa shape index (κ1) is 14.6. The number of rotatable bonds is 1. The maximum Gasteiger partial charge on any atom is 0.424 e. The van der Waals surface area contributed by atoms with E-state index >= 15 is 0 Å². The van der Waals surface area contributed by atoms with Crippen molar-refractivity contribution >= 4 is 17.3 Å². The molecule has 0 atom stereocenters. The lowest BCUT2D eigenvalue weighted by molar-refractivity contribution is -0.391. The molecule has 1 aromatic rings. The summed E-state index contributed by atoms with van der Waals surface area (Å²) in [5, 5.41) is 9.27. The molecule has 0 amide bonds. The zero-order chi connectivity index (χ0) is 14.3. The molecule has 0 fully saturated rings. The van der Waals surface area contributed by atoms with Gasteiger partial charge in [0.1, 0.15) is 5.56 Å². The second-order valence-electron chi connectivity index (χ2n) is 3.07. The van der Waals surface area contributed by atoms with Crippen LogP contribution in [0.5, 0.6) is 0 Å². The summed E-state index contributed by atoms with van der Waals surface area (Å²) in [5.41, 5.74) is -6.20. The molecular formula is C8H2ClF6NO2. The quantitative estimate of drug-likeness (QED) is 0.440. The number of alkyl halides is 6. The highest BCUT2D eigenvalue weighted by Crippen LogP contribution is 2.46. The molecule has 0 saturated carbocycles. The van der Waals surface area contributed by atoms with E-state index in [9.17, 15) is 36.5 Å². The molecule has 1 rings (SSSR count). The van der Waals surface area contributed by atoms with Crippen molar-refractivity contribution in [2.75, 3.05) is 0 Å². The molecule has 0 unspecified atom stereocenters. The van der Waals surface area contributed by atoms with Crippen molar-refractivity contribution in [1.82, 2.24) is 0 Å². The predicted octanol–water partition coefficient (Wildman–Crippen LogP) is 4.29. The van der Waals surface area contributed by atoms with Crippen LogP contribution in [0, 0.1) is 10.1 Å². The molecule has 0 aliphatic heterocycles. The zero-order valence-electron chi connectivity index (χ0n) is 8.06. The van der Waals surface area contributed by atoms with E-state index in [2.05, 4.69) is 0 Å². The number of halogens is 7. The van der Waals surface area contributed by atoms with E-state index < -0.39 is 39.1 Å². The lowest BCUT2D eigenvalue weighted by Gasteiger charge is -2.13. The molecule has 100 valence electrons. The Hall–Kier alpha value is -1.51. The van der Waals surface area contributed by atoms with E-state index in [0.29, 0.717) is 6.07 Å². The molecule has 0 aliphatic carbocycles. The maximum absolute atomic E-state index is 12.5. The molecule has 3 nitrogen and oxygen atoms in total. The van der Waals surface area contributed by atoms with Crippen LogP contribution in [0.3, 0.4) is 0 Å². The van der Waals surface area contributed by atoms with Crippen molar-refractivity contribution in [3.63, 3.8) is 0 Å². The monoisotopic (exact) mass is 293 g/mol. The van der Waals surface area contributed by atoms with Gasteiger partial charge in [-0.25, -0.2) is 0 Å². The van der Waals surface area contributed by atoms with Gasteiger partial charge in [-0.3, -0.25) is 10.1 Å². The van der Waals surface area contributed by atoms with E-state index in [0.717, 1.165) is 0 Å². The van der Waals surface area contributed by atoms with Gasteiger partial charge in [0.2, 0.25) is 0 Å². The van der Waals surface area contributed by atoms with Gasteiger partial charge in [0, 0.05) is 0 Å². The Kier molecular flexibility index (Phi) is 3.48. The van der Waals surface area contributed by atoms with Crippen LogP contribution in [0.15, 0.2) is 12.1 Å². The molecule has 0 spiro atoms. The van der Waals surface area contributed by atoms with Crippen LogP contribution in [0.1, 0.15) is 11.1 Å². The van der Waals surface area contributed by atoms with Gasteiger partial charge in [0.25, 0.3) is 5.69 Å². The van der Waals surface area contributed by atoms with E-state index in [1.165, 1.54) is 0 Å². The Bertz CT molecular complexity index is 496. The van der Waals surface area contributed by atoms with Crippen LogP contribution in [0.25, 0.3) is 0 Å². The third kappa shape index (κ3) is 2.66. The summed E-state index contributed by atoms with van der Waals surface area (Å²) in [6, 6.07) is 0.454. The highest BCUT2D eigenvalue weighted by atomic mass is 35.5. The first-order valence-electron chi connectivity index (χ1n) is 4.07. The Balaban J connectivity index is 3.76. The summed E-state index contributed by atoms with van der Waals surface area (Å²) in [7, 11) is 0. The van der Waals surface area contributed by atoms with Gasteiger partial charge >= 0.3 is 12.4 Å². The Morgan fingerprint density at radius 3 is 1.89 bits per heavy atom. The molecule has 10 heteroatoms. The lowest BCUT2D eigenvalue weighted by Crippen LogP contribution is -2.16. The van der Waals surface area contributed by atoms with Crippen molar-refractivity contribution in [1.29, 1.82) is 0 Å². The molecule has 0 N–H and O–H groups in total. The number of nitro groups is 1. The maximum atomic E-state index is 12.5. The fourth-order valence-corrected chi connectivity index (χ4v) is 1.51. The molecule has 0 radical (unpaired) electrons. The SMILES string of the molecule is O=[N+]([O-])c1c(C(F)(F)F)ccc(Cl)c1C(F)(F)F. The van der Waals surface area contributed by atoms with Gasteiger partial charge in [-0.1, -0.05) is 11.6 Å². The minimum Gasteiger partial charge on any atom is -0.258 e. The van der Waals surface area contributed by atoms with Crippen LogP contribution < -0.4 is 0 Å². The van der Waals surface area contributed by atoms with Crippen LogP contribution in [0.4, 0.5) is 32.0 Å². The van der Waals surface area contributed by atoms with E-state index in [4.69, 9.17) is 11.6 Å². The van der Waals surface area contributed by atoms with Crippen LogP contribution >= 0.6 is 11.6 Å². The fourth-order valence-electron chi connectivity index (χ4n) is 1.25. The fraction of sp³-hybridized carbons (Fsp3) is 0.250. The number of hydrogen-bond donors (Lipinski definition) is 0. The smallest absolute Gasteiger partial charge is 0.258 e. The van der Waals surface area contributed by atoms with Gasteiger partial charge in [-0.2, -0.15) is 26.3 Å². The third-order valence-electron chi connectivity index (χ3n) is 1.90. The summed E-state index contributed by atoms with van der Waals surface area (Å²) in [4.78, 5) is 8.68. The number of nitrogens with zero attached hydrogens (tertiary/aromatic N) is 1. The summed E-state index contributed by atoms with van der Waals surface area (Å²) >= 11 is 5.09. The first-order valence-corrected chi connectivity index (χ1v) is 4.45. The van der Waals surface area contributed by atoms with E-state index in [1.54, 1.807) is 0 Å². The number of nitro benzene ring substituents is 1. The Morgan fingerprint density at radius 2 is 1.56 bits per heavy atom. The predicted molar refractivity (Wildman–Crippen MR) is 48.1 cm³/mol. The summed E-state index contributed by atoms with van der Waals surface area (Å²) in [6.45, 7) is 0. The minimum absolute atomic E-state index is 0.135. The standard InChI is InChI=1S/C8H2ClF6NO2/c9-4-2-1-3(7(10,11)12)6(16(17)18)5(4)8(13,14)15/h1-2H. The van der Waals surface area contributed by atoms with Crippen molar-refractivity contribution in [3.8, 4) is 0 Å². The summed E-state index contributed by atoms with van der Waals surface area (Å²) < 4.78 is 74.6. The van der Waals surface area contributed by atoms with Crippen molar-refractivity contribution in [2.45, 2.75) is 12.4 Å². The highest BCUT2D eigenvalue weighted by molar-refractivity contribution is 6.31. The van der Waals surface area contributed by atoms with Gasteiger partial charge in [-0.15, -0.1) is 0 Å². The van der Waals surface area contributed by atoms with Gasteiger partial charge in [-0.05, 0) is 12.1 Å². The Labute approximate surface area is 100 Å². The van der Waals surface area contributed by atoms with E-state index in [-0.39, 0.29) is 6.07 Å². The van der Waals surface area contributed by atoms with E-state index in [1.807, 2.05) is 0 Å². The molecule has 0 bridgehead atoms. The number of benzene rings is 1. The molecular weight excluding hydrogens is 292 g/mol. The first-order chi connectivity index (χ1) is 7.96.